The minimum atomic E-state index is -0.640. The number of ether oxygens (including phenoxy) is 1. The maximum Gasteiger partial charge on any atom is 0.359 e. The van der Waals surface area contributed by atoms with Gasteiger partial charge in [-0.3, -0.25) is 9.59 Å². The molecule has 2 aromatic heterocycles. The second-order valence-electron chi connectivity index (χ2n) is 8.22. The number of thiophene rings is 1. The van der Waals surface area contributed by atoms with Gasteiger partial charge in [-0.25, -0.2) is 4.79 Å². The first-order valence-electron chi connectivity index (χ1n) is 11.8. The first kappa shape index (κ1) is 24.1. The fourth-order valence-electron chi connectivity index (χ4n) is 4.21. The number of carbonyl (C=O) groups excluding carboxylic acids is 2. The number of fused-ring (bicyclic) bond motifs is 1. The second-order valence-corrected chi connectivity index (χ2v) is 9.10. The highest BCUT2D eigenvalue weighted by molar-refractivity contribution is 7.16. The van der Waals surface area contributed by atoms with Crippen LogP contribution >= 0.6 is 11.3 Å². The third-order valence-electron chi connectivity index (χ3n) is 5.89. The van der Waals surface area contributed by atoms with Crippen molar-refractivity contribution in [3.05, 3.63) is 124 Å². The first-order chi connectivity index (χ1) is 18.1. The molecule has 0 spiro atoms. The molecule has 0 unspecified atom stereocenters. The molecule has 0 atom stereocenters. The number of nitrogens with zero attached hydrogens (tertiary/aromatic N) is 2. The minimum Gasteiger partial charge on any atom is -0.461 e. The zero-order valence-corrected chi connectivity index (χ0v) is 20.8. The smallest absolute Gasteiger partial charge is 0.359 e. The molecule has 0 saturated carbocycles. The van der Waals surface area contributed by atoms with Crippen LogP contribution in [0.5, 0.6) is 0 Å². The lowest BCUT2D eigenvalue weighted by molar-refractivity contribution is -0.116. The first-order valence-corrected chi connectivity index (χ1v) is 12.6. The summed E-state index contributed by atoms with van der Waals surface area (Å²) in [5, 5.41) is 9.85. The fraction of sp³-hybridized carbons (Fsp3) is 0.103. The summed E-state index contributed by atoms with van der Waals surface area (Å²) in [6.45, 7) is 1.87. The Hall–Kier alpha value is -4.56. The monoisotopic (exact) mass is 509 g/mol. The third-order valence-corrected chi connectivity index (χ3v) is 6.78. The summed E-state index contributed by atoms with van der Waals surface area (Å²) in [7, 11) is 0. The molecule has 3 aromatic carbocycles. The molecule has 0 radical (unpaired) electrons. The Labute approximate surface area is 217 Å². The molecule has 0 aliphatic rings. The van der Waals surface area contributed by atoms with Crippen molar-refractivity contribution in [1.29, 1.82) is 0 Å². The standard InChI is InChI=1S/C29H23N3O4S/c1-2-36-29(35)25-22-18-37-27(24(22)28(34)32(31-25)21-16-10-5-11-17-21)30-26(33)23(19-12-6-3-7-13-19)20-14-8-4-9-15-20/h3-18,23H,2H2,1H3,(H,30,33). The number of nitrogens with one attached hydrogen (secondary N) is 1. The van der Waals surface area contributed by atoms with Crippen LogP contribution in [0.2, 0.25) is 0 Å². The van der Waals surface area contributed by atoms with Gasteiger partial charge in [-0.1, -0.05) is 78.9 Å². The summed E-state index contributed by atoms with van der Waals surface area (Å²) < 4.78 is 6.38. The average molecular weight is 510 g/mol. The summed E-state index contributed by atoms with van der Waals surface area (Å²) in [6.07, 6.45) is 0. The number of para-hydroxylation sites is 1. The second kappa shape index (κ2) is 10.6. The van der Waals surface area contributed by atoms with Crippen molar-refractivity contribution >= 4 is 39.0 Å². The van der Waals surface area contributed by atoms with Gasteiger partial charge in [-0.2, -0.15) is 9.78 Å². The van der Waals surface area contributed by atoms with Crippen molar-refractivity contribution in [2.75, 3.05) is 11.9 Å². The molecular formula is C29H23N3O4S. The van der Waals surface area contributed by atoms with E-state index >= 15 is 0 Å². The number of amides is 1. The maximum absolute atomic E-state index is 13.7. The van der Waals surface area contributed by atoms with Gasteiger partial charge >= 0.3 is 5.97 Å². The van der Waals surface area contributed by atoms with E-state index in [-0.39, 0.29) is 23.6 Å². The predicted octanol–water partition coefficient (Wildman–Crippen LogP) is 5.39. The topological polar surface area (TPSA) is 90.3 Å². The van der Waals surface area contributed by atoms with E-state index in [1.807, 2.05) is 66.7 Å². The van der Waals surface area contributed by atoms with Crippen LogP contribution in [0.4, 0.5) is 5.00 Å². The molecule has 5 rings (SSSR count). The van der Waals surface area contributed by atoms with Crippen LogP contribution in [-0.4, -0.2) is 28.3 Å². The van der Waals surface area contributed by atoms with Crippen LogP contribution in [0.3, 0.4) is 0 Å². The van der Waals surface area contributed by atoms with E-state index in [0.29, 0.717) is 16.1 Å². The molecule has 0 aliphatic heterocycles. The highest BCUT2D eigenvalue weighted by Crippen LogP contribution is 2.33. The third kappa shape index (κ3) is 4.79. The lowest BCUT2D eigenvalue weighted by Gasteiger charge is -2.17. The molecule has 37 heavy (non-hydrogen) atoms. The Morgan fingerprint density at radius 3 is 2.05 bits per heavy atom. The lowest BCUT2D eigenvalue weighted by atomic mass is 9.90. The van der Waals surface area contributed by atoms with Crippen LogP contribution in [0.15, 0.2) is 101 Å². The van der Waals surface area contributed by atoms with Crippen LogP contribution in [-0.2, 0) is 9.53 Å². The van der Waals surface area contributed by atoms with E-state index in [0.717, 1.165) is 11.1 Å². The van der Waals surface area contributed by atoms with Crippen molar-refractivity contribution < 1.29 is 14.3 Å². The molecule has 1 amide bonds. The number of hydrogen-bond donors (Lipinski definition) is 1. The number of carbonyl (C=O) groups is 2. The van der Waals surface area contributed by atoms with Gasteiger partial charge in [0, 0.05) is 10.8 Å². The van der Waals surface area contributed by atoms with E-state index in [9.17, 15) is 14.4 Å². The number of aromatic nitrogens is 2. The Morgan fingerprint density at radius 1 is 0.919 bits per heavy atom. The average Bonchev–Trinajstić information content (AvgIpc) is 3.35. The largest absolute Gasteiger partial charge is 0.461 e. The molecule has 2 heterocycles. The van der Waals surface area contributed by atoms with Gasteiger partial charge in [0.2, 0.25) is 5.91 Å². The minimum absolute atomic E-state index is 0.0136. The Bertz CT molecular complexity index is 1570. The molecular weight excluding hydrogens is 486 g/mol. The number of rotatable bonds is 7. The van der Waals surface area contributed by atoms with Crippen molar-refractivity contribution in [3.63, 3.8) is 0 Å². The number of hydrogen-bond acceptors (Lipinski definition) is 6. The fourth-order valence-corrected chi connectivity index (χ4v) is 5.15. The van der Waals surface area contributed by atoms with Gasteiger partial charge in [0.15, 0.2) is 5.69 Å². The molecule has 5 aromatic rings. The molecule has 0 fully saturated rings. The van der Waals surface area contributed by atoms with E-state index in [1.54, 1.807) is 36.6 Å². The number of anilines is 1. The van der Waals surface area contributed by atoms with Gasteiger partial charge in [-0.15, -0.1) is 11.3 Å². The molecule has 1 N–H and O–H groups in total. The summed E-state index contributed by atoms with van der Waals surface area (Å²) in [5.74, 6) is -1.53. The Morgan fingerprint density at radius 2 is 1.49 bits per heavy atom. The molecule has 0 bridgehead atoms. The van der Waals surface area contributed by atoms with E-state index in [2.05, 4.69) is 10.4 Å². The molecule has 7 nitrogen and oxygen atoms in total. The van der Waals surface area contributed by atoms with Crippen LogP contribution in [0.25, 0.3) is 16.5 Å². The normalized spacial score (nSPS) is 11.0. The van der Waals surface area contributed by atoms with Crippen LogP contribution in [0.1, 0.15) is 34.5 Å². The lowest BCUT2D eigenvalue weighted by Crippen LogP contribution is -2.26. The molecule has 184 valence electrons. The van der Waals surface area contributed by atoms with Crippen molar-refractivity contribution in [1.82, 2.24) is 9.78 Å². The van der Waals surface area contributed by atoms with E-state index in [4.69, 9.17) is 4.74 Å². The molecule has 0 aliphatic carbocycles. The quantitative estimate of drug-likeness (QED) is 0.297. The van der Waals surface area contributed by atoms with E-state index in [1.165, 1.54) is 16.0 Å². The van der Waals surface area contributed by atoms with Crippen molar-refractivity contribution in [3.8, 4) is 5.69 Å². The summed E-state index contributed by atoms with van der Waals surface area (Å²) in [5.41, 5.74) is 1.71. The highest BCUT2D eigenvalue weighted by Gasteiger charge is 2.27. The molecule has 0 saturated heterocycles. The van der Waals surface area contributed by atoms with Crippen LogP contribution < -0.4 is 10.9 Å². The van der Waals surface area contributed by atoms with Gasteiger partial charge in [0.1, 0.15) is 5.00 Å². The number of benzene rings is 3. The predicted molar refractivity (Wildman–Crippen MR) is 145 cm³/mol. The number of esters is 1. The van der Waals surface area contributed by atoms with E-state index < -0.39 is 17.4 Å². The maximum atomic E-state index is 13.7. The van der Waals surface area contributed by atoms with Crippen molar-refractivity contribution in [2.24, 2.45) is 0 Å². The molecule has 8 heteroatoms. The Kier molecular flexibility index (Phi) is 6.91. The van der Waals surface area contributed by atoms with Gasteiger partial charge in [0.05, 0.1) is 23.6 Å². The van der Waals surface area contributed by atoms with Gasteiger partial charge < -0.3 is 10.1 Å². The van der Waals surface area contributed by atoms with Crippen molar-refractivity contribution in [2.45, 2.75) is 12.8 Å². The van der Waals surface area contributed by atoms with Gasteiger partial charge in [-0.05, 0) is 30.2 Å². The van der Waals surface area contributed by atoms with Crippen LogP contribution in [0, 0.1) is 0 Å². The summed E-state index contributed by atoms with van der Waals surface area (Å²) >= 11 is 1.17. The Balaban J connectivity index is 1.64. The summed E-state index contributed by atoms with van der Waals surface area (Å²) in [4.78, 5) is 40.1. The summed E-state index contributed by atoms with van der Waals surface area (Å²) in [6, 6.07) is 27.7. The SMILES string of the molecule is CCOC(=O)c1nn(-c2ccccc2)c(=O)c2c(NC(=O)C(c3ccccc3)c3ccccc3)scc12. The zero-order chi connectivity index (χ0) is 25.8. The highest BCUT2D eigenvalue weighted by atomic mass is 32.1. The zero-order valence-electron chi connectivity index (χ0n) is 20.0. The van der Waals surface area contributed by atoms with Gasteiger partial charge in [0.25, 0.3) is 5.56 Å².